The highest BCUT2D eigenvalue weighted by Gasteiger charge is 2.14. The third-order valence-corrected chi connectivity index (χ3v) is 4.79. The van der Waals surface area contributed by atoms with Crippen LogP contribution in [-0.4, -0.2) is 12.5 Å². The predicted molar refractivity (Wildman–Crippen MR) is 107 cm³/mol. The number of ether oxygens (including phenoxy) is 1. The lowest BCUT2D eigenvalue weighted by atomic mass is 9.99. The van der Waals surface area contributed by atoms with Crippen molar-refractivity contribution in [3.63, 3.8) is 0 Å². The van der Waals surface area contributed by atoms with E-state index in [0.717, 1.165) is 28.5 Å². The first kappa shape index (κ1) is 18.0. The Labute approximate surface area is 155 Å². The average molecular weight is 347 g/mol. The minimum atomic E-state index is -0.108. The molecule has 1 atom stereocenters. The van der Waals surface area contributed by atoms with Gasteiger partial charge in [-0.3, -0.25) is 4.79 Å². The third kappa shape index (κ3) is 4.05. The van der Waals surface area contributed by atoms with Crippen LogP contribution in [0.2, 0.25) is 0 Å². The smallest absolute Gasteiger partial charge is 0.258 e. The van der Waals surface area contributed by atoms with Crippen LogP contribution in [-0.2, 0) is 4.79 Å². The quantitative estimate of drug-likeness (QED) is 0.673. The second kappa shape index (κ2) is 8.05. The van der Waals surface area contributed by atoms with Crippen LogP contribution in [0, 0.1) is 13.8 Å². The van der Waals surface area contributed by atoms with Crippen LogP contribution in [0.5, 0.6) is 5.75 Å². The Bertz CT molecular complexity index is 912. The fourth-order valence-electron chi connectivity index (χ4n) is 3.10. The van der Waals surface area contributed by atoms with Gasteiger partial charge in [0, 0.05) is 5.39 Å². The number of hydrogen-bond donors (Lipinski definition) is 1. The van der Waals surface area contributed by atoms with Gasteiger partial charge in [0.2, 0.25) is 0 Å². The van der Waals surface area contributed by atoms with Crippen molar-refractivity contribution >= 4 is 16.7 Å². The molecule has 3 nitrogen and oxygen atoms in total. The molecule has 26 heavy (non-hydrogen) atoms. The van der Waals surface area contributed by atoms with Crippen LogP contribution in [0.4, 0.5) is 0 Å². The molecule has 0 heterocycles. The van der Waals surface area contributed by atoms with Crippen molar-refractivity contribution in [1.82, 2.24) is 5.32 Å². The van der Waals surface area contributed by atoms with Crippen molar-refractivity contribution in [2.75, 3.05) is 6.61 Å². The molecular weight excluding hydrogens is 322 g/mol. The number of aryl methyl sites for hydroxylation is 2. The molecule has 0 aliphatic carbocycles. The van der Waals surface area contributed by atoms with Crippen molar-refractivity contribution in [2.24, 2.45) is 0 Å². The summed E-state index contributed by atoms with van der Waals surface area (Å²) in [5.41, 5.74) is 3.63. The average Bonchev–Trinajstić information content (AvgIpc) is 2.66. The summed E-state index contributed by atoms with van der Waals surface area (Å²) >= 11 is 0. The first-order valence-electron chi connectivity index (χ1n) is 9.05. The zero-order chi connectivity index (χ0) is 18.5. The number of carbonyl (C=O) groups excluding carboxylic acids is 1. The first-order valence-corrected chi connectivity index (χ1v) is 9.05. The molecule has 3 heteroatoms. The van der Waals surface area contributed by atoms with Gasteiger partial charge in [-0.2, -0.15) is 0 Å². The Kier molecular flexibility index (Phi) is 5.57. The molecule has 0 fully saturated rings. The lowest BCUT2D eigenvalue weighted by Crippen LogP contribution is -2.32. The Morgan fingerprint density at radius 3 is 2.54 bits per heavy atom. The van der Waals surface area contributed by atoms with Gasteiger partial charge in [-0.1, -0.05) is 61.5 Å². The van der Waals surface area contributed by atoms with E-state index in [1.54, 1.807) is 0 Å². The number of amides is 1. The summed E-state index contributed by atoms with van der Waals surface area (Å²) in [6, 6.07) is 20.2. The SMILES string of the molecule is CC[C@H](NC(=O)COc1cccc2ccccc12)c1ccc(C)c(C)c1. The summed E-state index contributed by atoms with van der Waals surface area (Å²) in [7, 11) is 0. The van der Waals surface area contributed by atoms with E-state index >= 15 is 0 Å². The van der Waals surface area contributed by atoms with Gasteiger partial charge in [0.25, 0.3) is 5.91 Å². The zero-order valence-electron chi connectivity index (χ0n) is 15.6. The van der Waals surface area contributed by atoms with Crippen LogP contribution in [0.3, 0.4) is 0 Å². The highest BCUT2D eigenvalue weighted by atomic mass is 16.5. The molecule has 3 aromatic rings. The molecule has 1 N–H and O–H groups in total. The molecule has 0 bridgehead atoms. The molecule has 0 radical (unpaired) electrons. The first-order chi connectivity index (χ1) is 12.6. The minimum absolute atomic E-state index is 0.00193. The van der Waals surface area contributed by atoms with E-state index in [-0.39, 0.29) is 18.6 Å². The number of carbonyl (C=O) groups is 1. The molecule has 0 aliphatic heterocycles. The fourth-order valence-corrected chi connectivity index (χ4v) is 3.10. The molecule has 0 saturated heterocycles. The summed E-state index contributed by atoms with van der Waals surface area (Å²) < 4.78 is 5.79. The molecule has 0 unspecified atom stereocenters. The van der Waals surface area contributed by atoms with Crippen molar-refractivity contribution in [2.45, 2.75) is 33.2 Å². The largest absolute Gasteiger partial charge is 0.483 e. The molecule has 3 rings (SSSR count). The molecule has 0 aromatic heterocycles. The number of benzene rings is 3. The van der Waals surface area contributed by atoms with E-state index in [9.17, 15) is 4.79 Å². The normalized spacial score (nSPS) is 12.0. The van der Waals surface area contributed by atoms with E-state index in [4.69, 9.17) is 4.74 Å². The van der Waals surface area contributed by atoms with Crippen LogP contribution in [0.25, 0.3) is 10.8 Å². The third-order valence-electron chi connectivity index (χ3n) is 4.79. The molecular formula is C23H25NO2. The summed E-state index contributed by atoms with van der Waals surface area (Å²) in [4.78, 5) is 12.4. The minimum Gasteiger partial charge on any atom is -0.483 e. The van der Waals surface area contributed by atoms with E-state index in [1.807, 2.05) is 42.5 Å². The fraction of sp³-hybridized carbons (Fsp3) is 0.261. The second-order valence-corrected chi connectivity index (χ2v) is 6.64. The standard InChI is InChI=1S/C23H25NO2/c1-4-21(19-13-12-16(2)17(3)14-19)24-23(25)15-26-22-11-7-9-18-8-5-6-10-20(18)22/h5-14,21H,4,15H2,1-3H3,(H,24,25)/t21-/m0/s1. The number of hydrogen-bond acceptors (Lipinski definition) is 2. The van der Waals surface area contributed by atoms with Crippen molar-refractivity contribution in [3.8, 4) is 5.75 Å². The van der Waals surface area contributed by atoms with E-state index < -0.39 is 0 Å². The molecule has 0 saturated carbocycles. The zero-order valence-corrected chi connectivity index (χ0v) is 15.6. The van der Waals surface area contributed by atoms with Crippen LogP contribution >= 0.6 is 0 Å². The second-order valence-electron chi connectivity index (χ2n) is 6.64. The Balaban J connectivity index is 1.66. The maximum Gasteiger partial charge on any atom is 0.258 e. The lowest BCUT2D eigenvalue weighted by Gasteiger charge is -2.19. The predicted octanol–water partition coefficient (Wildman–Crippen LogP) is 5.10. The summed E-state index contributed by atoms with van der Waals surface area (Å²) in [6.45, 7) is 6.27. The van der Waals surface area contributed by atoms with Gasteiger partial charge in [-0.25, -0.2) is 0 Å². The molecule has 134 valence electrons. The van der Waals surface area contributed by atoms with Crippen molar-refractivity contribution in [3.05, 3.63) is 77.4 Å². The lowest BCUT2D eigenvalue weighted by molar-refractivity contribution is -0.123. The van der Waals surface area contributed by atoms with E-state index in [2.05, 4.69) is 44.3 Å². The maximum absolute atomic E-state index is 12.4. The highest BCUT2D eigenvalue weighted by molar-refractivity contribution is 5.88. The van der Waals surface area contributed by atoms with Crippen molar-refractivity contribution < 1.29 is 9.53 Å². The van der Waals surface area contributed by atoms with Gasteiger partial charge in [0.1, 0.15) is 5.75 Å². The van der Waals surface area contributed by atoms with Gasteiger partial charge < -0.3 is 10.1 Å². The molecule has 0 spiro atoms. The van der Waals surface area contributed by atoms with E-state index in [1.165, 1.54) is 11.1 Å². The molecule has 0 aliphatic rings. The summed E-state index contributed by atoms with van der Waals surface area (Å²) in [5.74, 6) is 0.625. The summed E-state index contributed by atoms with van der Waals surface area (Å²) in [5, 5.41) is 5.21. The van der Waals surface area contributed by atoms with Gasteiger partial charge in [-0.05, 0) is 48.4 Å². The van der Waals surface area contributed by atoms with Crippen LogP contribution in [0.15, 0.2) is 60.7 Å². The van der Waals surface area contributed by atoms with Gasteiger partial charge in [0.05, 0.1) is 6.04 Å². The van der Waals surface area contributed by atoms with Gasteiger partial charge >= 0.3 is 0 Å². The number of rotatable bonds is 6. The topological polar surface area (TPSA) is 38.3 Å². The van der Waals surface area contributed by atoms with Gasteiger partial charge in [-0.15, -0.1) is 0 Å². The Hall–Kier alpha value is -2.81. The van der Waals surface area contributed by atoms with Crippen LogP contribution in [0.1, 0.15) is 36.1 Å². The Morgan fingerprint density at radius 2 is 1.77 bits per heavy atom. The monoisotopic (exact) mass is 347 g/mol. The number of nitrogens with one attached hydrogen (secondary N) is 1. The van der Waals surface area contributed by atoms with E-state index in [0.29, 0.717) is 0 Å². The number of fused-ring (bicyclic) bond motifs is 1. The molecule has 1 amide bonds. The maximum atomic E-state index is 12.4. The summed E-state index contributed by atoms with van der Waals surface area (Å²) in [6.07, 6.45) is 0.836. The highest BCUT2D eigenvalue weighted by Crippen LogP contribution is 2.25. The Morgan fingerprint density at radius 1 is 1.00 bits per heavy atom. The molecule has 3 aromatic carbocycles. The van der Waals surface area contributed by atoms with Crippen LogP contribution < -0.4 is 10.1 Å². The van der Waals surface area contributed by atoms with Gasteiger partial charge in [0.15, 0.2) is 6.61 Å². The van der Waals surface area contributed by atoms with Crippen molar-refractivity contribution in [1.29, 1.82) is 0 Å².